The van der Waals surface area contributed by atoms with Gasteiger partial charge in [-0.2, -0.15) is 0 Å². The van der Waals surface area contributed by atoms with Gasteiger partial charge in [0.15, 0.2) is 0 Å². The summed E-state index contributed by atoms with van der Waals surface area (Å²) in [7, 11) is 1.36. The number of phosphoric acid groups is 1. The van der Waals surface area contributed by atoms with E-state index in [9.17, 15) is 14.3 Å². The largest absolute Gasteiger partial charge is 0.756 e. The minimum absolute atomic E-state index is 0.0264. The van der Waals surface area contributed by atoms with Crippen molar-refractivity contribution >= 4 is 13.8 Å². The van der Waals surface area contributed by atoms with Crippen molar-refractivity contribution in [2.24, 2.45) is 0 Å². The van der Waals surface area contributed by atoms with Crippen LogP contribution in [0.4, 0.5) is 0 Å². The van der Waals surface area contributed by atoms with E-state index in [0.717, 1.165) is 57.8 Å². The van der Waals surface area contributed by atoms with Gasteiger partial charge in [-0.3, -0.25) is 9.36 Å². The molecule has 0 radical (unpaired) electrons. The lowest BCUT2D eigenvalue weighted by Gasteiger charge is -2.28. The second-order valence-electron chi connectivity index (χ2n) is 17.1. The van der Waals surface area contributed by atoms with Crippen molar-refractivity contribution in [3.63, 3.8) is 0 Å². The molecule has 0 fully saturated rings. The molecule has 0 aromatic carbocycles. The Hall–Kier alpha value is -1.54. The Kier molecular flexibility index (Phi) is 41.0. The van der Waals surface area contributed by atoms with Crippen molar-refractivity contribution in [1.29, 1.82) is 0 Å². The standard InChI is InChI=1S/C49H92NO7P/c1-6-8-10-12-14-16-18-19-20-21-22-23-24-25-26-27-28-29-30-31-32-33-35-37-39-41-44-54-46-48(47-56-58(52,53)55-45-43-50(3,4)5)57-49(51)42-40-38-36-34-17-15-13-11-9-7-2/h8,10,14,16,19-20,22-23,48H,6-7,9,11-13,15,17-18,21,24-47H2,1-5H3/b10-8-,16-14-,20-19-,23-22-. The van der Waals surface area contributed by atoms with Gasteiger partial charge in [0.1, 0.15) is 19.3 Å². The van der Waals surface area contributed by atoms with E-state index in [4.69, 9.17) is 18.5 Å². The fraction of sp³-hybridized carbons (Fsp3) is 0.816. The molecule has 0 aliphatic rings. The van der Waals surface area contributed by atoms with Crippen LogP contribution in [0.15, 0.2) is 48.6 Å². The van der Waals surface area contributed by atoms with E-state index in [1.807, 2.05) is 21.1 Å². The number of rotatable bonds is 44. The smallest absolute Gasteiger partial charge is 0.306 e. The van der Waals surface area contributed by atoms with E-state index < -0.39 is 13.9 Å². The van der Waals surface area contributed by atoms with E-state index in [-0.39, 0.29) is 25.8 Å². The predicted molar refractivity (Wildman–Crippen MR) is 245 cm³/mol. The Morgan fingerprint density at radius 1 is 0.552 bits per heavy atom. The molecule has 340 valence electrons. The molecular formula is C49H92NO7P. The van der Waals surface area contributed by atoms with Crippen molar-refractivity contribution in [3.8, 4) is 0 Å². The Morgan fingerprint density at radius 3 is 1.50 bits per heavy atom. The fourth-order valence-corrected chi connectivity index (χ4v) is 7.21. The molecule has 0 spiro atoms. The normalized spacial score (nSPS) is 14.1. The van der Waals surface area contributed by atoms with Crippen LogP contribution in [0.25, 0.3) is 0 Å². The molecule has 0 amide bonds. The monoisotopic (exact) mass is 838 g/mol. The summed E-state index contributed by atoms with van der Waals surface area (Å²) in [5.74, 6) is -0.336. The lowest BCUT2D eigenvalue weighted by atomic mass is 10.0. The van der Waals surface area contributed by atoms with E-state index in [0.29, 0.717) is 24.1 Å². The predicted octanol–water partition coefficient (Wildman–Crippen LogP) is 13.7. The minimum atomic E-state index is -4.52. The number of hydrogen-bond donors (Lipinski definition) is 0. The van der Waals surface area contributed by atoms with Gasteiger partial charge in [-0.15, -0.1) is 0 Å². The van der Waals surface area contributed by atoms with Gasteiger partial charge in [0.2, 0.25) is 0 Å². The van der Waals surface area contributed by atoms with Gasteiger partial charge in [0, 0.05) is 13.0 Å². The average molecular weight is 838 g/mol. The Morgan fingerprint density at radius 2 is 1.00 bits per heavy atom. The quantitative estimate of drug-likeness (QED) is 0.0198. The summed E-state index contributed by atoms with van der Waals surface area (Å²) in [5.41, 5.74) is 0. The molecule has 58 heavy (non-hydrogen) atoms. The number of ether oxygens (including phenoxy) is 2. The number of likely N-dealkylation sites (N-methyl/N-ethyl adjacent to an activating group) is 1. The summed E-state index contributed by atoms with van der Waals surface area (Å²) in [4.78, 5) is 25.0. The summed E-state index contributed by atoms with van der Waals surface area (Å²) in [6, 6.07) is 0. The fourth-order valence-electron chi connectivity index (χ4n) is 6.48. The van der Waals surface area contributed by atoms with E-state index in [1.54, 1.807) is 0 Å². The number of esters is 1. The van der Waals surface area contributed by atoms with Gasteiger partial charge in [-0.25, -0.2) is 0 Å². The van der Waals surface area contributed by atoms with Crippen LogP contribution >= 0.6 is 7.82 Å². The molecule has 0 aliphatic heterocycles. The average Bonchev–Trinajstić information content (AvgIpc) is 3.18. The van der Waals surface area contributed by atoms with Crippen molar-refractivity contribution in [2.75, 3.05) is 54.1 Å². The summed E-state index contributed by atoms with van der Waals surface area (Å²) in [6.07, 6.45) is 51.4. The molecule has 0 saturated carbocycles. The number of carbonyl (C=O) groups excluding carboxylic acids is 1. The highest BCUT2D eigenvalue weighted by molar-refractivity contribution is 7.45. The molecule has 0 rings (SSSR count). The molecule has 0 bridgehead atoms. The van der Waals surface area contributed by atoms with E-state index >= 15 is 0 Å². The summed E-state index contributed by atoms with van der Waals surface area (Å²) in [5, 5.41) is 0. The van der Waals surface area contributed by atoms with Gasteiger partial charge in [-0.05, 0) is 51.4 Å². The van der Waals surface area contributed by atoms with Crippen molar-refractivity contribution in [3.05, 3.63) is 48.6 Å². The molecule has 2 unspecified atom stereocenters. The van der Waals surface area contributed by atoms with Crippen LogP contribution in [0.5, 0.6) is 0 Å². The van der Waals surface area contributed by atoms with E-state index in [1.165, 1.54) is 122 Å². The highest BCUT2D eigenvalue weighted by Crippen LogP contribution is 2.38. The minimum Gasteiger partial charge on any atom is -0.756 e. The van der Waals surface area contributed by atoms with Crippen molar-refractivity contribution in [1.82, 2.24) is 0 Å². The first kappa shape index (κ1) is 56.5. The highest BCUT2D eigenvalue weighted by atomic mass is 31.2. The van der Waals surface area contributed by atoms with Gasteiger partial charge in [0.25, 0.3) is 7.82 Å². The number of hydrogen-bond acceptors (Lipinski definition) is 7. The SMILES string of the molecule is CC/C=C\C/C=C\C/C=C\C/C=C\CCCCCCCCCCCCCCCOCC(COP(=O)([O-])OCC[N+](C)(C)C)OC(=O)CCCCCCCCCCCC. The number of carbonyl (C=O) groups is 1. The number of phosphoric ester groups is 1. The number of nitrogens with zero attached hydrogens (tertiary/aromatic N) is 1. The third-order valence-corrected chi connectivity index (χ3v) is 11.1. The van der Waals surface area contributed by atoms with Gasteiger partial charge >= 0.3 is 5.97 Å². The molecule has 2 atom stereocenters. The van der Waals surface area contributed by atoms with E-state index in [2.05, 4.69) is 62.5 Å². The molecule has 0 N–H and O–H groups in total. The lowest BCUT2D eigenvalue weighted by molar-refractivity contribution is -0.870. The lowest BCUT2D eigenvalue weighted by Crippen LogP contribution is -2.37. The van der Waals surface area contributed by atoms with Crippen LogP contribution in [0.1, 0.15) is 200 Å². The van der Waals surface area contributed by atoms with Crippen LogP contribution in [0.3, 0.4) is 0 Å². The van der Waals surface area contributed by atoms with Gasteiger partial charge in [0.05, 0.1) is 34.4 Å². The maximum absolute atomic E-state index is 12.6. The third-order valence-electron chi connectivity index (χ3n) is 10.1. The maximum Gasteiger partial charge on any atom is 0.306 e. The summed E-state index contributed by atoms with van der Waals surface area (Å²) >= 11 is 0. The molecule has 8 nitrogen and oxygen atoms in total. The Labute approximate surface area is 358 Å². The van der Waals surface area contributed by atoms with Crippen LogP contribution in [0.2, 0.25) is 0 Å². The Bertz CT molecular complexity index is 1070. The second kappa shape index (κ2) is 42.2. The first-order valence-corrected chi connectivity index (χ1v) is 25.3. The molecule has 0 heterocycles. The summed E-state index contributed by atoms with van der Waals surface area (Å²) < 4.78 is 34.6. The highest BCUT2D eigenvalue weighted by Gasteiger charge is 2.20. The number of unbranched alkanes of at least 4 members (excludes halogenated alkanes) is 22. The molecule has 9 heteroatoms. The number of allylic oxidation sites excluding steroid dienone is 8. The summed E-state index contributed by atoms with van der Waals surface area (Å²) in [6.45, 7) is 5.30. The molecule has 0 aromatic rings. The van der Waals surface area contributed by atoms with Crippen LogP contribution < -0.4 is 4.89 Å². The zero-order chi connectivity index (χ0) is 42.7. The maximum atomic E-state index is 12.6. The van der Waals surface area contributed by atoms with Crippen LogP contribution in [0, 0.1) is 0 Å². The zero-order valence-electron chi connectivity index (χ0n) is 38.5. The van der Waals surface area contributed by atoms with Crippen LogP contribution in [-0.2, 0) is 27.9 Å². The first-order valence-electron chi connectivity index (χ1n) is 23.9. The second-order valence-corrected chi connectivity index (χ2v) is 18.5. The number of quaternary nitrogens is 1. The Balaban J connectivity index is 4.02. The third kappa shape index (κ3) is 45.5. The van der Waals surface area contributed by atoms with Crippen LogP contribution in [-0.4, -0.2) is 70.7 Å². The molecule has 0 aliphatic carbocycles. The molecular weight excluding hydrogens is 746 g/mol. The van der Waals surface area contributed by atoms with Gasteiger partial charge in [-0.1, -0.05) is 191 Å². The first-order chi connectivity index (χ1) is 28.1. The van der Waals surface area contributed by atoms with Crippen molar-refractivity contribution in [2.45, 2.75) is 206 Å². The topological polar surface area (TPSA) is 94.1 Å². The molecule has 0 saturated heterocycles. The van der Waals surface area contributed by atoms with Gasteiger partial charge < -0.3 is 27.9 Å². The van der Waals surface area contributed by atoms with Crippen molar-refractivity contribution < 1.29 is 37.3 Å². The zero-order valence-corrected chi connectivity index (χ0v) is 39.4. The molecule has 0 aromatic heterocycles.